The molecule has 1 heterocycles. The highest BCUT2D eigenvalue weighted by molar-refractivity contribution is 5.28. The molecule has 0 fully saturated rings. The van der Waals surface area contributed by atoms with Gasteiger partial charge in [-0.15, -0.1) is 0 Å². The summed E-state index contributed by atoms with van der Waals surface area (Å²) < 4.78 is 12.8. The minimum atomic E-state index is -0.262. The van der Waals surface area contributed by atoms with Crippen LogP contribution >= 0.6 is 0 Å². The molecule has 1 aromatic carbocycles. The van der Waals surface area contributed by atoms with Gasteiger partial charge in [0.25, 0.3) is 5.56 Å². The first-order chi connectivity index (χ1) is 9.67. The Morgan fingerprint density at radius 3 is 2.75 bits per heavy atom. The maximum absolute atomic E-state index is 12.8. The van der Waals surface area contributed by atoms with Gasteiger partial charge in [-0.05, 0) is 30.5 Å². The highest BCUT2D eigenvalue weighted by Gasteiger charge is 2.01. The highest BCUT2D eigenvalue weighted by atomic mass is 19.1. The van der Waals surface area contributed by atoms with E-state index in [9.17, 15) is 9.18 Å². The molecule has 0 saturated heterocycles. The lowest BCUT2D eigenvalue weighted by atomic mass is 10.2. The number of nitrogens with one attached hydrogen (secondary N) is 2. The van der Waals surface area contributed by atoms with Crippen molar-refractivity contribution in [2.24, 2.45) is 0 Å². The molecule has 106 valence electrons. The lowest BCUT2D eigenvalue weighted by Crippen LogP contribution is -2.14. The van der Waals surface area contributed by atoms with E-state index in [4.69, 9.17) is 0 Å². The Balaban J connectivity index is 2.03. The third kappa shape index (κ3) is 4.19. The summed E-state index contributed by atoms with van der Waals surface area (Å²) in [7, 11) is 0. The van der Waals surface area contributed by atoms with Crippen molar-refractivity contribution in [1.82, 2.24) is 9.97 Å². The van der Waals surface area contributed by atoms with Gasteiger partial charge in [-0.25, -0.2) is 9.37 Å². The lowest BCUT2D eigenvalue weighted by molar-refractivity contribution is 0.627. The SMILES string of the molecule is CCCCc1cc(=O)[nH]c(NCc2ccc(F)cc2)n1. The van der Waals surface area contributed by atoms with Crippen LogP contribution in [0.1, 0.15) is 31.0 Å². The van der Waals surface area contributed by atoms with E-state index >= 15 is 0 Å². The number of nitrogens with zero attached hydrogens (tertiary/aromatic N) is 1. The predicted octanol–water partition coefficient (Wildman–Crippen LogP) is 2.86. The molecule has 0 spiro atoms. The summed E-state index contributed by atoms with van der Waals surface area (Å²) in [6.45, 7) is 2.58. The van der Waals surface area contributed by atoms with Crippen LogP contribution in [0.3, 0.4) is 0 Å². The monoisotopic (exact) mass is 275 g/mol. The van der Waals surface area contributed by atoms with E-state index in [0.717, 1.165) is 30.5 Å². The molecule has 0 bridgehead atoms. The summed E-state index contributed by atoms with van der Waals surface area (Å²) in [5.41, 5.74) is 1.55. The summed E-state index contributed by atoms with van der Waals surface area (Å²) in [6.07, 6.45) is 2.87. The Kier molecular flexibility index (Phi) is 4.87. The van der Waals surface area contributed by atoms with Gasteiger partial charge in [0.15, 0.2) is 0 Å². The molecule has 2 rings (SSSR count). The molecular formula is C15H18FN3O. The molecule has 0 saturated carbocycles. The molecule has 0 aliphatic carbocycles. The zero-order chi connectivity index (χ0) is 14.4. The Bertz CT molecular complexity index is 607. The van der Waals surface area contributed by atoms with Crippen LogP contribution in [0.2, 0.25) is 0 Å². The number of halogens is 1. The number of H-pyrrole nitrogens is 1. The van der Waals surface area contributed by atoms with Crippen LogP contribution in [0.4, 0.5) is 10.3 Å². The molecule has 4 nitrogen and oxygen atoms in total. The van der Waals surface area contributed by atoms with Crippen molar-refractivity contribution in [3.63, 3.8) is 0 Å². The first kappa shape index (κ1) is 14.2. The fraction of sp³-hybridized carbons (Fsp3) is 0.333. The Labute approximate surface area is 117 Å². The van der Waals surface area contributed by atoms with E-state index in [2.05, 4.69) is 22.2 Å². The maximum Gasteiger partial charge on any atom is 0.252 e. The van der Waals surface area contributed by atoms with Gasteiger partial charge in [-0.1, -0.05) is 25.5 Å². The molecule has 0 unspecified atom stereocenters. The van der Waals surface area contributed by atoms with Crippen LogP contribution < -0.4 is 10.9 Å². The number of hydrogen-bond donors (Lipinski definition) is 2. The number of aromatic nitrogens is 2. The zero-order valence-corrected chi connectivity index (χ0v) is 11.4. The van der Waals surface area contributed by atoms with Crippen molar-refractivity contribution in [2.45, 2.75) is 32.7 Å². The van der Waals surface area contributed by atoms with E-state index in [0.29, 0.717) is 12.5 Å². The molecule has 0 aliphatic heterocycles. The number of hydrogen-bond acceptors (Lipinski definition) is 3. The quantitative estimate of drug-likeness (QED) is 0.852. The van der Waals surface area contributed by atoms with Gasteiger partial charge >= 0.3 is 0 Å². The van der Waals surface area contributed by atoms with E-state index in [-0.39, 0.29) is 11.4 Å². The smallest absolute Gasteiger partial charge is 0.252 e. The van der Waals surface area contributed by atoms with Crippen molar-refractivity contribution in [3.8, 4) is 0 Å². The molecule has 1 aromatic heterocycles. The number of benzene rings is 1. The summed E-state index contributed by atoms with van der Waals surface area (Å²) in [6, 6.07) is 7.73. The molecule has 0 amide bonds. The fourth-order valence-corrected chi connectivity index (χ4v) is 1.87. The van der Waals surface area contributed by atoms with E-state index in [1.807, 2.05) is 0 Å². The van der Waals surface area contributed by atoms with Crippen LogP contribution in [-0.4, -0.2) is 9.97 Å². The van der Waals surface area contributed by atoms with Crippen molar-refractivity contribution in [2.75, 3.05) is 5.32 Å². The topological polar surface area (TPSA) is 57.8 Å². The molecule has 20 heavy (non-hydrogen) atoms. The van der Waals surface area contributed by atoms with Crippen molar-refractivity contribution >= 4 is 5.95 Å². The molecule has 2 N–H and O–H groups in total. The average Bonchev–Trinajstić information content (AvgIpc) is 2.44. The molecule has 2 aromatic rings. The summed E-state index contributed by atoms with van der Waals surface area (Å²) in [5, 5.41) is 3.05. The minimum Gasteiger partial charge on any atom is -0.352 e. The van der Waals surface area contributed by atoms with Crippen LogP contribution in [0.15, 0.2) is 35.1 Å². The summed E-state index contributed by atoms with van der Waals surface area (Å²) in [4.78, 5) is 18.6. The molecular weight excluding hydrogens is 257 g/mol. The molecule has 0 radical (unpaired) electrons. The molecule has 0 aliphatic rings. The van der Waals surface area contributed by atoms with Crippen LogP contribution in [0.5, 0.6) is 0 Å². The number of aryl methyl sites for hydroxylation is 1. The largest absolute Gasteiger partial charge is 0.352 e. The number of rotatable bonds is 6. The second-order valence-corrected chi connectivity index (χ2v) is 4.67. The maximum atomic E-state index is 12.8. The van der Waals surface area contributed by atoms with E-state index in [1.54, 1.807) is 12.1 Å². The molecule has 5 heteroatoms. The zero-order valence-electron chi connectivity index (χ0n) is 11.4. The second-order valence-electron chi connectivity index (χ2n) is 4.67. The van der Waals surface area contributed by atoms with Crippen molar-refractivity contribution < 1.29 is 4.39 Å². The predicted molar refractivity (Wildman–Crippen MR) is 77.2 cm³/mol. The third-order valence-corrected chi connectivity index (χ3v) is 2.95. The average molecular weight is 275 g/mol. The first-order valence-corrected chi connectivity index (χ1v) is 6.76. The van der Waals surface area contributed by atoms with Crippen LogP contribution in [0.25, 0.3) is 0 Å². The van der Waals surface area contributed by atoms with Gasteiger partial charge in [0.1, 0.15) is 5.82 Å². The Hall–Kier alpha value is -2.17. The van der Waals surface area contributed by atoms with Gasteiger partial charge in [-0.2, -0.15) is 0 Å². The summed E-state index contributed by atoms with van der Waals surface area (Å²) in [5.74, 6) is 0.190. The van der Waals surface area contributed by atoms with Crippen LogP contribution in [0, 0.1) is 5.82 Å². The van der Waals surface area contributed by atoms with E-state index in [1.165, 1.54) is 18.2 Å². The third-order valence-electron chi connectivity index (χ3n) is 2.95. The Morgan fingerprint density at radius 1 is 1.30 bits per heavy atom. The minimum absolute atomic E-state index is 0.160. The van der Waals surface area contributed by atoms with Crippen LogP contribution in [-0.2, 0) is 13.0 Å². The van der Waals surface area contributed by atoms with Gasteiger partial charge in [0.05, 0.1) is 0 Å². The van der Waals surface area contributed by atoms with Gasteiger partial charge in [-0.3, -0.25) is 9.78 Å². The number of aromatic amines is 1. The van der Waals surface area contributed by atoms with Gasteiger partial charge < -0.3 is 5.32 Å². The highest BCUT2D eigenvalue weighted by Crippen LogP contribution is 2.06. The Morgan fingerprint density at radius 2 is 2.05 bits per heavy atom. The number of unbranched alkanes of at least 4 members (excludes halogenated alkanes) is 1. The summed E-state index contributed by atoms with van der Waals surface area (Å²) >= 11 is 0. The van der Waals surface area contributed by atoms with Gasteiger partial charge in [0.2, 0.25) is 5.95 Å². The fourth-order valence-electron chi connectivity index (χ4n) is 1.87. The van der Waals surface area contributed by atoms with Crippen molar-refractivity contribution in [3.05, 3.63) is 57.8 Å². The standard InChI is InChI=1S/C15H18FN3O/c1-2-3-4-13-9-14(20)19-15(18-13)17-10-11-5-7-12(16)8-6-11/h5-9H,2-4,10H2,1H3,(H2,17,18,19,20). The van der Waals surface area contributed by atoms with Crippen molar-refractivity contribution in [1.29, 1.82) is 0 Å². The van der Waals surface area contributed by atoms with Gasteiger partial charge in [0, 0.05) is 18.3 Å². The van der Waals surface area contributed by atoms with E-state index < -0.39 is 0 Å². The number of anilines is 1. The lowest BCUT2D eigenvalue weighted by Gasteiger charge is -2.07. The molecule has 0 atom stereocenters. The second kappa shape index (κ2) is 6.84. The first-order valence-electron chi connectivity index (χ1n) is 6.76. The normalized spacial score (nSPS) is 10.5.